The molecule has 0 fully saturated rings. The monoisotopic (exact) mass is 555 g/mol. The number of rotatable bonds is 23. The normalized spacial score (nSPS) is 14.1. The van der Waals surface area contributed by atoms with Gasteiger partial charge in [-0.2, -0.15) is 0 Å². The number of amides is 5. The largest absolute Gasteiger partial charge is 0.393 e. The van der Waals surface area contributed by atoms with Crippen molar-refractivity contribution in [3.63, 3.8) is 0 Å². The van der Waals surface area contributed by atoms with Gasteiger partial charge in [-0.05, 0) is 25.2 Å². The Labute approximate surface area is 231 Å². The minimum absolute atomic E-state index is 0.107. The van der Waals surface area contributed by atoms with E-state index in [0.717, 1.165) is 25.7 Å². The Morgan fingerprint density at radius 3 is 1.90 bits per heavy atom. The van der Waals surface area contributed by atoms with Gasteiger partial charge < -0.3 is 37.3 Å². The summed E-state index contributed by atoms with van der Waals surface area (Å²) in [5.74, 6) is -3.70. The molecule has 0 aromatic carbocycles. The van der Waals surface area contributed by atoms with Crippen molar-refractivity contribution >= 4 is 35.8 Å². The second-order valence-corrected chi connectivity index (χ2v) is 10.5. The van der Waals surface area contributed by atoms with Gasteiger partial charge in [-0.3, -0.25) is 24.0 Å². The SMILES string of the molecule is CCCCCCCCC[C@@H](O)CC(=O)N[C@@H](CC(N)=O)C(=O)NC(CCC(N)=O)C(=O)N[C@H](C=O)CC(C)C. The van der Waals surface area contributed by atoms with Gasteiger partial charge in [0.2, 0.25) is 29.5 Å². The Balaban J connectivity index is 5.12. The third kappa shape index (κ3) is 18.8. The molecule has 5 amide bonds. The maximum Gasteiger partial charge on any atom is 0.243 e. The average Bonchev–Trinajstić information content (AvgIpc) is 2.84. The van der Waals surface area contributed by atoms with Crippen LogP contribution in [-0.2, 0) is 28.8 Å². The number of nitrogens with two attached hydrogens (primary N) is 2. The van der Waals surface area contributed by atoms with Crippen molar-refractivity contribution in [3.8, 4) is 0 Å². The number of primary amides is 2. The lowest BCUT2D eigenvalue weighted by molar-refractivity contribution is -0.134. The van der Waals surface area contributed by atoms with Crippen molar-refractivity contribution in [2.75, 3.05) is 0 Å². The third-order valence-electron chi connectivity index (χ3n) is 6.15. The van der Waals surface area contributed by atoms with Gasteiger partial charge in [0.25, 0.3) is 0 Å². The van der Waals surface area contributed by atoms with Gasteiger partial charge >= 0.3 is 0 Å². The van der Waals surface area contributed by atoms with Crippen LogP contribution in [0.5, 0.6) is 0 Å². The van der Waals surface area contributed by atoms with Crippen LogP contribution in [0, 0.1) is 5.92 Å². The zero-order chi connectivity index (χ0) is 29.8. The molecule has 224 valence electrons. The molecule has 12 nitrogen and oxygen atoms in total. The molecule has 12 heteroatoms. The lowest BCUT2D eigenvalue weighted by Gasteiger charge is -2.24. The van der Waals surface area contributed by atoms with Crippen LogP contribution in [0.4, 0.5) is 0 Å². The van der Waals surface area contributed by atoms with E-state index in [2.05, 4.69) is 22.9 Å². The van der Waals surface area contributed by atoms with Crippen LogP contribution in [0.25, 0.3) is 0 Å². The molecule has 0 aliphatic heterocycles. The molecule has 8 N–H and O–H groups in total. The minimum Gasteiger partial charge on any atom is -0.393 e. The summed E-state index contributed by atoms with van der Waals surface area (Å²) in [7, 11) is 0. The summed E-state index contributed by atoms with van der Waals surface area (Å²) in [4.78, 5) is 72.5. The van der Waals surface area contributed by atoms with E-state index in [-0.39, 0.29) is 25.2 Å². The third-order valence-corrected chi connectivity index (χ3v) is 6.15. The van der Waals surface area contributed by atoms with Crippen molar-refractivity contribution in [2.24, 2.45) is 17.4 Å². The van der Waals surface area contributed by atoms with Crippen LogP contribution in [0.1, 0.15) is 104 Å². The van der Waals surface area contributed by atoms with E-state index < -0.39 is 60.2 Å². The highest BCUT2D eigenvalue weighted by molar-refractivity contribution is 5.95. The summed E-state index contributed by atoms with van der Waals surface area (Å²) in [6.45, 7) is 5.90. The first-order valence-corrected chi connectivity index (χ1v) is 14.0. The molecule has 1 unspecified atom stereocenters. The van der Waals surface area contributed by atoms with Crippen LogP contribution in [0.3, 0.4) is 0 Å². The molecule has 0 bridgehead atoms. The fraction of sp³-hybridized carbons (Fsp3) is 0.778. The zero-order valence-electron chi connectivity index (χ0n) is 23.7. The number of aliphatic hydroxyl groups excluding tert-OH is 1. The topological polar surface area (TPSA) is 211 Å². The summed E-state index contributed by atoms with van der Waals surface area (Å²) >= 11 is 0. The first kappa shape index (κ1) is 36.0. The van der Waals surface area contributed by atoms with Gasteiger partial charge in [-0.15, -0.1) is 0 Å². The summed E-state index contributed by atoms with van der Waals surface area (Å²) in [5.41, 5.74) is 10.4. The predicted molar refractivity (Wildman–Crippen MR) is 147 cm³/mol. The Kier molecular flexibility index (Phi) is 19.3. The van der Waals surface area contributed by atoms with E-state index in [4.69, 9.17) is 11.5 Å². The number of unbranched alkanes of at least 4 members (excludes halogenated alkanes) is 6. The molecule has 0 rings (SSSR count). The number of carbonyl (C=O) groups excluding carboxylic acids is 6. The van der Waals surface area contributed by atoms with Crippen molar-refractivity contribution in [2.45, 2.75) is 128 Å². The number of hydrogen-bond donors (Lipinski definition) is 6. The van der Waals surface area contributed by atoms with Crippen molar-refractivity contribution < 1.29 is 33.9 Å². The average molecular weight is 556 g/mol. The second kappa shape index (κ2) is 20.9. The standard InChI is InChI=1S/C27H49N5O7/c1-4-5-6-7-8-9-10-11-20(34)15-25(37)31-22(16-24(29)36)27(39)32-21(12-13-23(28)35)26(38)30-19(17-33)14-18(2)3/h17-22,34H,4-16H2,1-3H3,(H2,28,35)(H2,29,36)(H,30,38)(H,31,37)(H,32,39)/t19-,20+,21?,22-/m0/s1. The molecule has 0 heterocycles. The molecule has 0 aromatic heterocycles. The van der Waals surface area contributed by atoms with Crippen LogP contribution >= 0.6 is 0 Å². The summed E-state index contributed by atoms with van der Waals surface area (Å²) in [6.07, 6.45) is 6.76. The van der Waals surface area contributed by atoms with Gasteiger partial charge in [-0.25, -0.2) is 0 Å². The molecule has 4 atom stereocenters. The molecular formula is C27H49N5O7. The highest BCUT2D eigenvalue weighted by atomic mass is 16.3. The van der Waals surface area contributed by atoms with Crippen LogP contribution in [0.2, 0.25) is 0 Å². The Morgan fingerprint density at radius 1 is 0.769 bits per heavy atom. The van der Waals surface area contributed by atoms with E-state index in [1.54, 1.807) is 0 Å². The summed E-state index contributed by atoms with van der Waals surface area (Å²) in [5, 5.41) is 17.6. The van der Waals surface area contributed by atoms with Crippen molar-refractivity contribution in [1.82, 2.24) is 16.0 Å². The molecule has 0 aromatic rings. The number of aldehydes is 1. The van der Waals surface area contributed by atoms with Crippen LogP contribution in [-0.4, -0.2) is 65.2 Å². The minimum atomic E-state index is -1.40. The first-order valence-electron chi connectivity index (χ1n) is 14.0. The molecule has 0 saturated heterocycles. The molecule has 0 radical (unpaired) electrons. The molecule has 0 aliphatic rings. The summed E-state index contributed by atoms with van der Waals surface area (Å²) < 4.78 is 0. The van der Waals surface area contributed by atoms with Gasteiger partial charge in [-0.1, -0.05) is 65.7 Å². The van der Waals surface area contributed by atoms with Gasteiger partial charge in [0.05, 0.1) is 25.0 Å². The Morgan fingerprint density at radius 2 is 1.36 bits per heavy atom. The Bertz CT molecular complexity index is 790. The van der Waals surface area contributed by atoms with Crippen molar-refractivity contribution in [3.05, 3.63) is 0 Å². The molecule has 0 aliphatic carbocycles. The highest BCUT2D eigenvalue weighted by Crippen LogP contribution is 2.11. The fourth-order valence-electron chi connectivity index (χ4n) is 4.08. The van der Waals surface area contributed by atoms with Crippen LogP contribution < -0.4 is 27.4 Å². The number of nitrogens with one attached hydrogen (secondary N) is 3. The fourth-order valence-corrected chi connectivity index (χ4v) is 4.08. The highest BCUT2D eigenvalue weighted by Gasteiger charge is 2.29. The smallest absolute Gasteiger partial charge is 0.243 e. The molecular weight excluding hydrogens is 506 g/mol. The lowest BCUT2D eigenvalue weighted by Crippen LogP contribution is -2.56. The number of aliphatic hydroxyl groups is 1. The zero-order valence-corrected chi connectivity index (χ0v) is 23.7. The van der Waals surface area contributed by atoms with Crippen molar-refractivity contribution in [1.29, 1.82) is 0 Å². The van der Waals surface area contributed by atoms with Gasteiger partial charge in [0.1, 0.15) is 18.4 Å². The van der Waals surface area contributed by atoms with E-state index >= 15 is 0 Å². The van der Waals surface area contributed by atoms with Crippen LogP contribution in [0.15, 0.2) is 0 Å². The maximum atomic E-state index is 12.9. The van der Waals surface area contributed by atoms with E-state index in [0.29, 0.717) is 19.1 Å². The van der Waals surface area contributed by atoms with E-state index in [9.17, 15) is 33.9 Å². The Hall–Kier alpha value is -3.02. The van der Waals surface area contributed by atoms with E-state index in [1.165, 1.54) is 19.3 Å². The van der Waals surface area contributed by atoms with Gasteiger partial charge in [0, 0.05) is 6.42 Å². The van der Waals surface area contributed by atoms with E-state index in [1.807, 2.05) is 13.8 Å². The quantitative estimate of drug-likeness (QED) is 0.0784. The molecule has 39 heavy (non-hydrogen) atoms. The number of carbonyl (C=O) groups is 6. The summed E-state index contributed by atoms with van der Waals surface area (Å²) in [6, 6.07) is -3.46. The predicted octanol–water partition coefficient (Wildman–Crippen LogP) is 0.718. The van der Waals surface area contributed by atoms with Gasteiger partial charge in [0.15, 0.2) is 0 Å². The maximum absolute atomic E-state index is 12.9. The molecule has 0 spiro atoms. The molecule has 0 saturated carbocycles. The first-order chi connectivity index (χ1) is 18.4. The number of hydrogen-bond acceptors (Lipinski definition) is 7. The second-order valence-electron chi connectivity index (χ2n) is 10.5. The lowest BCUT2D eigenvalue weighted by atomic mass is 10.0.